The van der Waals surface area contributed by atoms with E-state index in [0.29, 0.717) is 12.5 Å². The first-order valence-corrected chi connectivity index (χ1v) is 12.0. The van der Waals surface area contributed by atoms with Crippen LogP contribution in [-0.4, -0.2) is 43.6 Å². The summed E-state index contributed by atoms with van der Waals surface area (Å²) in [7, 11) is 0. The second-order valence-corrected chi connectivity index (χ2v) is 8.78. The van der Waals surface area contributed by atoms with E-state index in [1.165, 1.54) is 44.3 Å². The molecule has 0 amide bonds. The number of pyridine rings is 1. The van der Waals surface area contributed by atoms with Gasteiger partial charge in [-0.2, -0.15) is 9.61 Å². The molecule has 160 valence electrons. The van der Waals surface area contributed by atoms with Crippen LogP contribution in [0.5, 0.6) is 0 Å². The van der Waals surface area contributed by atoms with Crippen molar-refractivity contribution in [2.24, 2.45) is 0 Å². The number of fused-ring (bicyclic) bond motifs is 1. The van der Waals surface area contributed by atoms with Gasteiger partial charge in [0.2, 0.25) is 0 Å². The van der Waals surface area contributed by atoms with Crippen LogP contribution in [0.1, 0.15) is 63.1 Å². The summed E-state index contributed by atoms with van der Waals surface area (Å²) in [6, 6.07) is 7.04. The maximum absolute atomic E-state index is 4.99. The van der Waals surface area contributed by atoms with Crippen LogP contribution < -0.4 is 5.32 Å². The van der Waals surface area contributed by atoms with E-state index < -0.39 is 0 Å². The van der Waals surface area contributed by atoms with Gasteiger partial charge < -0.3 is 5.32 Å². The van der Waals surface area contributed by atoms with Crippen LogP contribution in [-0.2, 0) is 6.54 Å². The number of hydrogen-bond donors (Lipinski definition) is 1. The number of anilines is 1. The highest BCUT2D eigenvalue weighted by Crippen LogP contribution is 2.34. The van der Waals surface area contributed by atoms with E-state index in [1.54, 1.807) is 6.20 Å². The SMILES string of the molecule is Brc1cnn2c(NCc3cccnc3)cc(C3CCCN(C4CCC4)C3)nc12.CC. The smallest absolute Gasteiger partial charge is 0.171 e. The average Bonchev–Trinajstić information content (AvgIpc) is 3.14. The predicted molar refractivity (Wildman–Crippen MR) is 125 cm³/mol. The van der Waals surface area contributed by atoms with E-state index in [4.69, 9.17) is 4.98 Å². The molecule has 0 radical (unpaired) electrons. The van der Waals surface area contributed by atoms with Gasteiger partial charge in [0.05, 0.1) is 16.4 Å². The van der Waals surface area contributed by atoms with Crippen LogP contribution in [0.25, 0.3) is 5.65 Å². The maximum Gasteiger partial charge on any atom is 0.171 e. The Morgan fingerprint density at radius 2 is 2.03 bits per heavy atom. The summed E-state index contributed by atoms with van der Waals surface area (Å²) >= 11 is 3.62. The number of aromatic nitrogens is 4. The average molecular weight is 471 g/mol. The molecular weight excluding hydrogens is 440 g/mol. The number of likely N-dealkylation sites (tertiary alicyclic amines) is 1. The van der Waals surface area contributed by atoms with Gasteiger partial charge in [-0.05, 0) is 59.8 Å². The van der Waals surface area contributed by atoms with E-state index in [0.717, 1.165) is 34.1 Å². The molecule has 0 aromatic carbocycles. The lowest BCUT2D eigenvalue weighted by atomic mass is 9.87. The third-order valence-electron chi connectivity index (χ3n) is 6.11. The number of hydrogen-bond acceptors (Lipinski definition) is 5. The number of piperidine rings is 1. The zero-order valence-corrected chi connectivity index (χ0v) is 19.5. The molecule has 3 aromatic rings. The molecule has 1 N–H and O–H groups in total. The van der Waals surface area contributed by atoms with E-state index >= 15 is 0 Å². The lowest BCUT2D eigenvalue weighted by molar-refractivity contribution is 0.0937. The van der Waals surface area contributed by atoms with Gasteiger partial charge in [0.15, 0.2) is 5.65 Å². The van der Waals surface area contributed by atoms with Crippen molar-refractivity contribution in [1.82, 2.24) is 24.5 Å². The lowest BCUT2D eigenvalue weighted by Crippen LogP contribution is -2.45. The van der Waals surface area contributed by atoms with Crippen LogP contribution >= 0.6 is 15.9 Å². The molecule has 4 heterocycles. The Bertz CT molecular complexity index is 953. The molecule has 1 aliphatic carbocycles. The Labute approximate surface area is 187 Å². The number of nitrogens with one attached hydrogen (secondary N) is 1. The van der Waals surface area contributed by atoms with E-state index in [-0.39, 0.29) is 0 Å². The van der Waals surface area contributed by atoms with Gasteiger partial charge in [-0.3, -0.25) is 9.88 Å². The zero-order valence-electron chi connectivity index (χ0n) is 17.9. The number of halogens is 1. The standard InChI is InChI=1S/C21H25BrN6.C2H6/c22-18-13-25-28-20(24-12-15-4-2-8-23-11-15)10-19(26-21(18)28)16-5-3-9-27(14-16)17-6-1-7-17;1-2/h2,4,8,10-11,13,16-17,24H,1,3,5-7,9,12,14H2;1-2H3. The van der Waals surface area contributed by atoms with Crippen LogP contribution in [0.2, 0.25) is 0 Å². The Kier molecular flexibility index (Phi) is 7.00. The molecule has 2 fully saturated rings. The highest BCUT2D eigenvalue weighted by molar-refractivity contribution is 9.10. The number of rotatable bonds is 5. The molecule has 7 heteroatoms. The first-order chi connectivity index (χ1) is 14.8. The molecule has 1 saturated heterocycles. The second kappa shape index (κ2) is 9.88. The first-order valence-electron chi connectivity index (χ1n) is 11.2. The van der Waals surface area contributed by atoms with Crippen molar-refractivity contribution in [2.75, 3.05) is 18.4 Å². The van der Waals surface area contributed by atoms with Gasteiger partial charge in [-0.15, -0.1) is 0 Å². The molecule has 2 aliphatic rings. The Balaban J connectivity index is 0.00000106. The highest BCUT2D eigenvalue weighted by Gasteiger charge is 2.31. The molecule has 3 aromatic heterocycles. The fraction of sp³-hybridized carbons (Fsp3) is 0.522. The van der Waals surface area contributed by atoms with Crippen molar-refractivity contribution in [3.63, 3.8) is 0 Å². The van der Waals surface area contributed by atoms with Gasteiger partial charge in [0.1, 0.15) is 5.82 Å². The van der Waals surface area contributed by atoms with Gasteiger partial charge in [-0.1, -0.05) is 26.3 Å². The minimum atomic E-state index is 0.486. The molecule has 5 rings (SSSR count). The third-order valence-corrected chi connectivity index (χ3v) is 6.67. The predicted octanol–water partition coefficient (Wildman–Crippen LogP) is 5.26. The summed E-state index contributed by atoms with van der Waals surface area (Å²) in [6.45, 7) is 7.08. The summed E-state index contributed by atoms with van der Waals surface area (Å²) in [5.74, 6) is 1.47. The molecule has 1 unspecified atom stereocenters. The second-order valence-electron chi connectivity index (χ2n) is 7.93. The van der Waals surface area contributed by atoms with Crippen molar-refractivity contribution in [3.05, 3.63) is 52.5 Å². The van der Waals surface area contributed by atoms with Crippen molar-refractivity contribution >= 4 is 27.4 Å². The fourth-order valence-corrected chi connectivity index (χ4v) is 4.66. The lowest BCUT2D eigenvalue weighted by Gasteiger charge is -2.42. The summed E-state index contributed by atoms with van der Waals surface area (Å²) in [5, 5.41) is 8.04. The summed E-state index contributed by atoms with van der Waals surface area (Å²) in [4.78, 5) is 11.9. The van der Waals surface area contributed by atoms with Crippen molar-refractivity contribution < 1.29 is 0 Å². The zero-order chi connectivity index (χ0) is 20.9. The summed E-state index contributed by atoms with van der Waals surface area (Å²) < 4.78 is 2.82. The highest BCUT2D eigenvalue weighted by atomic mass is 79.9. The molecule has 1 atom stereocenters. The monoisotopic (exact) mass is 470 g/mol. The van der Waals surface area contributed by atoms with Gasteiger partial charge in [0.25, 0.3) is 0 Å². The van der Waals surface area contributed by atoms with Crippen LogP contribution in [0.15, 0.2) is 41.3 Å². The molecule has 0 spiro atoms. The van der Waals surface area contributed by atoms with Gasteiger partial charge in [0, 0.05) is 43.5 Å². The van der Waals surface area contributed by atoms with Crippen LogP contribution in [0.4, 0.5) is 5.82 Å². The Morgan fingerprint density at radius 1 is 1.17 bits per heavy atom. The van der Waals surface area contributed by atoms with E-state index in [1.807, 2.05) is 36.8 Å². The number of nitrogens with zero attached hydrogens (tertiary/aromatic N) is 5. The Hall–Kier alpha value is -1.99. The van der Waals surface area contributed by atoms with Crippen molar-refractivity contribution in [3.8, 4) is 0 Å². The largest absolute Gasteiger partial charge is 0.366 e. The van der Waals surface area contributed by atoms with E-state index in [9.17, 15) is 0 Å². The summed E-state index contributed by atoms with van der Waals surface area (Å²) in [6.07, 6.45) is 12.1. The first kappa shape index (κ1) is 21.2. The summed E-state index contributed by atoms with van der Waals surface area (Å²) in [5.41, 5.74) is 3.20. The molecule has 1 aliphatic heterocycles. The normalized spacial score (nSPS) is 19.8. The third kappa shape index (κ3) is 4.52. The molecule has 30 heavy (non-hydrogen) atoms. The van der Waals surface area contributed by atoms with E-state index in [2.05, 4.69) is 48.4 Å². The molecular formula is C23H31BrN6. The topological polar surface area (TPSA) is 58.4 Å². The minimum Gasteiger partial charge on any atom is -0.366 e. The molecule has 6 nitrogen and oxygen atoms in total. The van der Waals surface area contributed by atoms with Crippen LogP contribution in [0, 0.1) is 0 Å². The minimum absolute atomic E-state index is 0.486. The maximum atomic E-state index is 4.99. The molecule has 1 saturated carbocycles. The molecule has 0 bridgehead atoms. The van der Waals surface area contributed by atoms with Crippen molar-refractivity contribution in [1.29, 1.82) is 0 Å². The van der Waals surface area contributed by atoms with Crippen LogP contribution in [0.3, 0.4) is 0 Å². The van der Waals surface area contributed by atoms with Gasteiger partial charge in [-0.25, -0.2) is 4.98 Å². The fourth-order valence-electron chi connectivity index (χ4n) is 4.32. The quantitative estimate of drug-likeness (QED) is 0.551. The van der Waals surface area contributed by atoms with Gasteiger partial charge >= 0.3 is 0 Å². The van der Waals surface area contributed by atoms with Crippen molar-refractivity contribution in [2.45, 2.75) is 64.5 Å². The Morgan fingerprint density at radius 3 is 2.77 bits per heavy atom.